The molecule has 1 aromatic carbocycles. The molecule has 0 atom stereocenters. The summed E-state index contributed by atoms with van der Waals surface area (Å²) in [6.45, 7) is 5.25. The third-order valence-electron chi connectivity index (χ3n) is 2.80. The van der Waals surface area contributed by atoms with Crippen molar-refractivity contribution in [1.82, 2.24) is 10.3 Å². The summed E-state index contributed by atoms with van der Waals surface area (Å²) in [5, 5.41) is 6.51. The Morgan fingerprint density at radius 3 is 2.82 bits per heavy atom. The van der Waals surface area contributed by atoms with Crippen molar-refractivity contribution in [1.29, 1.82) is 0 Å². The van der Waals surface area contributed by atoms with Gasteiger partial charge in [-0.1, -0.05) is 23.8 Å². The minimum Gasteiger partial charge on any atom is -0.319 e. The van der Waals surface area contributed by atoms with Gasteiger partial charge in [0.25, 0.3) is 0 Å². The first kappa shape index (κ1) is 12.3. The lowest BCUT2D eigenvalue weighted by atomic mass is 10.0. The molecule has 2 aromatic rings. The quantitative estimate of drug-likeness (QED) is 0.896. The number of thiazole rings is 1. The molecule has 1 heterocycles. The Balaban J connectivity index is 2.24. The van der Waals surface area contributed by atoms with Gasteiger partial charge in [-0.25, -0.2) is 4.98 Å². The molecule has 0 bridgehead atoms. The molecule has 0 aliphatic heterocycles. The van der Waals surface area contributed by atoms with Crippen LogP contribution in [0.3, 0.4) is 0 Å². The molecule has 0 saturated carbocycles. The molecule has 2 nitrogen and oxygen atoms in total. The van der Waals surface area contributed by atoms with Crippen LogP contribution in [0, 0.1) is 13.8 Å². The first-order chi connectivity index (χ1) is 8.20. The Morgan fingerprint density at radius 2 is 2.12 bits per heavy atom. The van der Waals surface area contributed by atoms with Crippen LogP contribution in [0.4, 0.5) is 0 Å². The van der Waals surface area contributed by atoms with Crippen LogP contribution < -0.4 is 5.32 Å². The van der Waals surface area contributed by atoms with Gasteiger partial charge in [-0.3, -0.25) is 0 Å². The van der Waals surface area contributed by atoms with Gasteiger partial charge in [-0.15, -0.1) is 11.3 Å². The number of nitrogens with zero attached hydrogens (tertiary/aromatic N) is 1. The maximum absolute atomic E-state index is 4.69. The van der Waals surface area contributed by atoms with Gasteiger partial charge in [0, 0.05) is 23.9 Å². The van der Waals surface area contributed by atoms with Crippen molar-refractivity contribution in [3.05, 3.63) is 39.7 Å². The molecule has 0 spiro atoms. The summed E-state index contributed by atoms with van der Waals surface area (Å²) in [6.07, 6.45) is 1.01. The summed E-state index contributed by atoms with van der Waals surface area (Å²) in [6, 6.07) is 6.53. The number of hydrogen-bond donors (Lipinski definition) is 1. The van der Waals surface area contributed by atoms with Gasteiger partial charge in [0.2, 0.25) is 0 Å². The fourth-order valence-electron chi connectivity index (χ4n) is 1.88. The Morgan fingerprint density at radius 1 is 1.29 bits per heavy atom. The van der Waals surface area contributed by atoms with Crippen LogP contribution in [0.25, 0.3) is 11.3 Å². The van der Waals surface area contributed by atoms with Crippen molar-refractivity contribution in [2.45, 2.75) is 20.3 Å². The fraction of sp³-hybridized carbons (Fsp3) is 0.357. The van der Waals surface area contributed by atoms with Gasteiger partial charge >= 0.3 is 0 Å². The van der Waals surface area contributed by atoms with Crippen molar-refractivity contribution in [3.63, 3.8) is 0 Å². The second-order valence-corrected chi connectivity index (χ2v) is 5.24. The van der Waals surface area contributed by atoms with E-state index < -0.39 is 0 Å². The molecule has 0 saturated heterocycles. The van der Waals surface area contributed by atoms with E-state index >= 15 is 0 Å². The third-order valence-corrected chi connectivity index (χ3v) is 3.71. The smallest absolute Gasteiger partial charge is 0.0945 e. The number of nitrogens with one attached hydrogen (secondary N) is 1. The third kappa shape index (κ3) is 2.93. The van der Waals surface area contributed by atoms with Gasteiger partial charge < -0.3 is 5.32 Å². The Labute approximate surface area is 107 Å². The number of aromatic nitrogens is 1. The van der Waals surface area contributed by atoms with Gasteiger partial charge in [-0.05, 0) is 26.5 Å². The molecule has 1 N–H and O–H groups in total. The van der Waals surface area contributed by atoms with Gasteiger partial charge in [0.05, 0.1) is 10.7 Å². The summed E-state index contributed by atoms with van der Waals surface area (Å²) >= 11 is 1.75. The zero-order valence-corrected chi connectivity index (χ0v) is 11.4. The monoisotopic (exact) mass is 246 g/mol. The van der Waals surface area contributed by atoms with Crippen LogP contribution in [-0.4, -0.2) is 18.6 Å². The van der Waals surface area contributed by atoms with E-state index in [2.05, 4.69) is 47.7 Å². The molecule has 1 aromatic heterocycles. The minimum atomic E-state index is 0.986. The van der Waals surface area contributed by atoms with E-state index in [1.807, 2.05) is 7.05 Å². The van der Waals surface area contributed by atoms with Gasteiger partial charge in [0.15, 0.2) is 0 Å². The van der Waals surface area contributed by atoms with Crippen LogP contribution in [0.2, 0.25) is 0 Å². The summed E-state index contributed by atoms with van der Waals surface area (Å²) in [4.78, 5) is 4.69. The maximum Gasteiger partial charge on any atom is 0.0945 e. The minimum absolute atomic E-state index is 0.986. The molecule has 0 aliphatic rings. The molecule has 90 valence electrons. The van der Waals surface area contributed by atoms with Gasteiger partial charge in [0.1, 0.15) is 0 Å². The van der Waals surface area contributed by atoms with Crippen LogP contribution >= 0.6 is 11.3 Å². The summed E-state index contributed by atoms with van der Waals surface area (Å²) in [5.74, 6) is 0. The predicted octanol–water partition coefficient (Wildman–Crippen LogP) is 3.19. The second kappa shape index (κ2) is 5.43. The van der Waals surface area contributed by atoms with E-state index in [4.69, 9.17) is 0 Å². The standard InChI is InChI=1S/C14H18N2S/c1-10-4-5-12(11(2)8-10)13-9-17-14(16-13)6-7-15-3/h4-5,8-9,15H,6-7H2,1-3H3. The Bertz CT molecular complexity index is 503. The number of hydrogen-bond acceptors (Lipinski definition) is 3. The molecule has 0 amide bonds. The molecule has 0 fully saturated rings. The SMILES string of the molecule is CNCCc1nc(-c2ccc(C)cc2C)cs1. The molecule has 17 heavy (non-hydrogen) atoms. The first-order valence-corrected chi connectivity index (χ1v) is 6.75. The lowest BCUT2D eigenvalue weighted by molar-refractivity contribution is 0.788. The van der Waals surface area contributed by atoms with Crippen molar-refractivity contribution in [2.75, 3.05) is 13.6 Å². The average molecular weight is 246 g/mol. The molecule has 0 unspecified atom stereocenters. The number of rotatable bonds is 4. The second-order valence-electron chi connectivity index (χ2n) is 4.30. The average Bonchev–Trinajstić information content (AvgIpc) is 2.75. The highest BCUT2D eigenvalue weighted by Crippen LogP contribution is 2.25. The lowest BCUT2D eigenvalue weighted by Gasteiger charge is -2.03. The zero-order valence-electron chi connectivity index (χ0n) is 10.6. The maximum atomic E-state index is 4.69. The highest BCUT2D eigenvalue weighted by Gasteiger charge is 2.06. The summed E-state index contributed by atoms with van der Waals surface area (Å²) < 4.78 is 0. The molecule has 3 heteroatoms. The van der Waals surface area contributed by atoms with E-state index in [1.165, 1.54) is 21.7 Å². The summed E-state index contributed by atoms with van der Waals surface area (Å²) in [5.41, 5.74) is 4.97. The molecule has 2 rings (SSSR count). The zero-order chi connectivity index (χ0) is 12.3. The lowest BCUT2D eigenvalue weighted by Crippen LogP contribution is -2.09. The highest BCUT2D eigenvalue weighted by atomic mass is 32.1. The fourth-order valence-corrected chi connectivity index (χ4v) is 2.68. The van der Waals surface area contributed by atoms with Crippen molar-refractivity contribution in [2.24, 2.45) is 0 Å². The van der Waals surface area contributed by atoms with Crippen LogP contribution in [0.1, 0.15) is 16.1 Å². The predicted molar refractivity (Wildman–Crippen MR) is 74.7 cm³/mol. The van der Waals surface area contributed by atoms with Crippen LogP contribution in [0.15, 0.2) is 23.6 Å². The number of benzene rings is 1. The van der Waals surface area contributed by atoms with E-state index in [-0.39, 0.29) is 0 Å². The van der Waals surface area contributed by atoms with Crippen LogP contribution in [-0.2, 0) is 6.42 Å². The van der Waals surface area contributed by atoms with Gasteiger partial charge in [-0.2, -0.15) is 0 Å². The van der Waals surface area contributed by atoms with Crippen molar-refractivity contribution < 1.29 is 0 Å². The highest BCUT2D eigenvalue weighted by molar-refractivity contribution is 7.09. The summed E-state index contributed by atoms with van der Waals surface area (Å²) in [7, 11) is 1.97. The van der Waals surface area contributed by atoms with Crippen molar-refractivity contribution >= 4 is 11.3 Å². The number of likely N-dealkylation sites (N-methyl/N-ethyl adjacent to an activating group) is 1. The van der Waals surface area contributed by atoms with E-state index in [0.29, 0.717) is 0 Å². The molecule has 0 radical (unpaired) electrons. The number of aryl methyl sites for hydroxylation is 2. The first-order valence-electron chi connectivity index (χ1n) is 5.87. The normalized spacial score (nSPS) is 10.8. The van der Waals surface area contributed by atoms with Crippen LogP contribution in [0.5, 0.6) is 0 Å². The molecular formula is C14H18N2S. The molecule has 0 aliphatic carbocycles. The topological polar surface area (TPSA) is 24.9 Å². The van der Waals surface area contributed by atoms with E-state index in [0.717, 1.165) is 18.7 Å². The van der Waals surface area contributed by atoms with E-state index in [9.17, 15) is 0 Å². The Hall–Kier alpha value is -1.19. The largest absolute Gasteiger partial charge is 0.319 e. The Kier molecular flexibility index (Phi) is 3.92. The van der Waals surface area contributed by atoms with E-state index in [1.54, 1.807) is 11.3 Å². The molecular weight excluding hydrogens is 228 g/mol. The van der Waals surface area contributed by atoms with Crippen molar-refractivity contribution in [3.8, 4) is 11.3 Å².